The predicted molar refractivity (Wildman–Crippen MR) is 72.8 cm³/mol. The summed E-state index contributed by atoms with van der Waals surface area (Å²) >= 11 is 0. The fourth-order valence-electron chi connectivity index (χ4n) is 2.66. The molecular formula is C13H25N3O3. The summed E-state index contributed by atoms with van der Waals surface area (Å²) in [5, 5.41) is 20.7. The van der Waals surface area contributed by atoms with Gasteiger partial charge in [0.1, 0.15) is 0 Å². The summed E-state index contributed by atoms with van der Waals surface area (Å²) < 4.78 is 0. The van der Waals surface area contributed by atoms with Gasteiger partial charge in [0, 0.05) is 19.7 Å². The van der Waals surface area contributed by atoms with E-state index in [-0.39, 0.29) is 18.3 Å². The molecule has 0 radical (unpaired) electrons. The molecule has 4 N–H and O–H groups in total. The molecule has 1 aliphatic heterocycles. The number of oxime groups is 1. The number of rotatable bonds is 6. The van der Waals surface area contributed by atoms with Gasteiger partial charge in [0.15, 0.2) is 5.84 Å². The van der Waals surface area contributed by atoms with E-state index in [4.69, 9.17) is 16.0 Å². The second-order valence-corrected chi connectivity index (χ2v) is 5.17. The predicted octanol–water partition coefficient (Wildman–Crippen LogP) is 0.770. The highest BCUT2D eigenvalue weighted by molar-refractivity contribution is 6.02. The van der Waals surface area contributed by atoms with E-state index in [9.17, 15) is 4.79 Å². The van der Waals surface area contributed by atoms with Gasteiger partial charge in [-0.05, 0) is 31.6 Å². The lowest BCUT2D eigenvalue weighted by atomic mass is 9.93. The first-order valence-electron chi connectivity index (χ1n) is 7.01. The summed E-state index contributed by atoms with van der Waals surface area (Å²) in [6, 6.07) is 0. The average molecular weight is 271 g/mol. The Morgan fingerprint density at radius 1 is 1.58 bits per heavy atom. The maximum Gasteiger partial charge on any atom is 0.233 e. The van der Waals surface area contributed by atoms with Gasteiger partial charge in [-0.3, -0.25) is 4.79 Å². The van der Waals surface area contributed by atoms with Crippen molar-refractivity contribution in [1.82, 2.24) is 4.90 Å². The minimum atomic E-state index is -0.525. The quantitative estimate of drug-likeness (QED) is 0.287. The Morgan fingerprint density at radius 2 is 2.32 bits per heavy atom. The molecule has 1 fully saturated rings. The third-order valence-electron chi connectivity index (χ3n) is 3.72. The van der Waals surface area contributed by atoms with Gasteiger partial charge in [-0.15, -0.1) is 0 Å². The maximum atomic E-state index is 12.4. The molecule has 1 aliphatic rings. The molecule has 0 aromatic carbocycles. The van der Waals surface area contributed by atoms with Crippen molar-refractivity contribution in [1.29, 1.82) is 0 Å². The molecule has 6 heteroatoms. The Hall–Kier alpha value is -1.30. The van der Waals surface area contributed by atoms with Crippen molar-refractivity contribution in [2.24, 2.45) is 22.7 Å². The van der Waals surface area contributed by atoms with Crippen LogP contribution in [0.4, 0.5) is 0 Å². The van der Waals surface area contributed by atoms with Gasteiger partial charge in [0.25, 0.3) is 0 Å². The van der Waals surface area contributed by atoms with E-state index in [1.54, 1.807) is 4.90 Å². The van der Waals surface area contributed by atoms with Gasteiger partial charge < -0.3 is 20.9 Å². The van der Waals surface area contributed by atoms with Crippen LogP contribution in [0.2, 0.25) is 0 Å². The van der Waals surface area contributed by atoms with Gasteiger partial charge in [-0.2, -0.15) is 0 Å². The lowest BCUT2D eigenvalue weighted by molar-refractivity contribution is -0.135. The number of hydrogen-bond acceptors (Lipinski definition) is 4. The molecule has 0 spiro atoms. The molecule has 0 aliphatic carbocycles. The smallest absolute Gasteiger partial charge is 0.233 e. The van der Waals surface area contributed by atoms with Crippen molar-refractivity contribution in [3.05, 3.63) is 0 Å². The molecule has 0 saturated carbocycles. The monoisotopic (exact) mass is 271 g/mol. The number of amidine groups is 1. The molecule has 0 aromatic rings. The van der Waals surface area contributed by atoms with Crippen LogP contribution in [-0.2, 0) is 4.79 Å². The topological polar surface area (TPSA) is 99.2 Å². The zero-order valence-corrected chi connectivity index (χ0v) is 11.6. The standard InChI is InChI=1S/C13H25N3O3/c1-2-4-11(12(14)15-19)13(18)16-7-3-5-10(9-16)6-8-17/h10-11,17,19H,2-9H2,1H3,(H2,14,15). The van der Waals surface area contributed by atoms with Crippen LogP contribution in [0.1, 0.15) is 39.0 Å². The van der Waals surface area contributed by atoms with Crippen molar-refractivity contribution < 1.29 is 15.1 Å². The van der Waals surface area contributed by atoms with E-state index in [0.717, 1.165) is 32.2 Å². The maximum absolute atomic E-state index is 12.4. The average Bonchev–Trinajstić information content (AvgIpc) is 2.44. The number of carbonyl (C=O) groups is 1. The highest BCUT2D eigenvalue weighted by Gasteiger charge is 2.30. The third kappa shape index (κ3) is 4.38. The fraction of sp³-hybridized carbons (Fsp3) is 0.846. The summed E-state index contributed by atoms with van der Waals surface area (Å²) in [7, 11) is 0. The molecule has 2 unspecified atom stereocenters. The Bertz CT molecular complexity index is 318. The number of hydrogen-bond donors (Lipinski definition) is 3. The highest BCUT2D eigenvalue weighted by atomic mass is 16.4. The van der Waals surface area contributed by atoms with Crippen LogP contribution in [0.5, 0.6) is 0 Å². The number of aliphatic hydroxyl groups excluding tert-OH is 1. The second kappa shape index (κ2) is 7.99. The third-order valence-corrected chi connectivity index (χ3v) is 3.72. The molecule has 19 heavy (non-hydrogen) atoms. The normalized spacial score (nSPS) is 22.3. The summed E-state index contributed by atoms with van der Waals surface area (Å²) in [5.41, 5.74) is 5.62. The van der Waals surface area contributed by atoms with Crippen LogP contribution in [0.3, 0.4) is 0 Å². The van der Waals surface area contributed by atoms with Gasteiger partial charge in [-0.25, -0.2) is 0 Å². The van der Waals surface area contributed by atoms with Gasteiger partial charge >= 0.3 is 0 Å². The molecule has 0 aromatic heterocycles. The number of amides is 1. The summed E-state index contributed by atoms with van der Waals surface area (Å²) in [6.45, 7) is 3.51. The fourth-order valence-corrected chi connectivity index (χ4v) is 2.66. The van der Waals surface area contributed by atoms with E-state index in [1.807, 2.05) is 6.92 Å². The summed E-state index contributed by atoms with van der Waals surface area (Å²) in [5.74, 6) is -0.226. The molecular weight excluding hydrogens is 246 g/mol. The zero-order chi connectivity index (χ0) is 14.3. The minimum Gasteiger partial charge on any atom is -0.409 e. The van der Waals surface area contributed by atoms with Crippen molar-refractivity contribution >= 4 is 11.7 Å². The number of piperidine rings is 1. The second-order valence-electron chi connectivity index (χ2n) is 5.17. The van der Waals surface area contributed by atoms with Crippen LogP contribution < -0.4 is 5.73 Å². The SMILES string of the molecule is CCCC(C(=O)N1CCCC(CCO)C1)C(N)=NO. The number of carbonyl (C=O) groups excluding carboxylic acids is 1. The molecule has 0 bridgehead atoms. The Morgan fingerprint density at radius 3 is 2.89 bits per heavy atom. The number of nitrogens with two attached hydrogens (primary N) is 1. The van der Waals surface area contributed by atoms with Crippen LogP contribution in [0.25, 0.3) is 0 Å². The zero-order valence-electron chi connectivity index (χ0n) is 11.6. The largest absolute Gasteiger partial charge is 0.409 e. The highest BCUT2D eigenvalue weighted by Crippen LogP contribution is 2.22. The molecule has 1 heterocycles. The Balaban J connectivity index is 2.67. The molecule has 1 saturated heterocycles. The van der Waals surface area contributed by atoms with Gasteiger partial charge in [0.05, 0.1) is 5.92 Å². The van der Waals surface area contributed by atoms with Gasteiger partial charge in [-0.1, -0.05) is 18.5 Å². The van der Waals surface area contributed by atoms with Crippen LogP contribution in [0.15, 0.2) is 5.16 Å². The number of likely N-dealkylation sites (tertiary alicyclic amines) is 1. The lowest BCUT2D eigenvalue weighted by Gasteiger charge is -2.34. The van der Waals surface area contributed by atoms with Crippen molar-refractivity contribution in [2.45, 2.75) is 39.0 Å². The minimum absolute atomic E-state index is 0.00358. The summed E-state index contributed by atoms with van der Waals surface area (Å²) in [6.07, 6.45) is 4.13. The van der Waals surface area contributed by atoms with Gasteiger partial charge in [0.2, 0.25) is 5.91 Å². The van der Waals surface area contributed by atoms with E-state index >= 15 is 0 Å². The van der Waals surface area contributed by atoms with Crippen molar-refractivity contribution in [2.75, 3.05) is 19.7 Å². The van der Waals surface area contributed by atoms with E-state index in [0.29, 0.717) is 18.9 Å². The van der Waals surface area contributed by atoms with E-state index in [1.165, 1.54) is 0 Å². The Labute approximate surface area is 114 Å². The van der Waals surface area contributed by atoms with Crippen LogP contribution >= 0.6 is 0 Å². The van der Waals surface area contributed by atoms with Crippen LogP contribution in [-0.4, -0.2) is 46.7 Å². The molecule has 110 valence electrons. The van der Waals surface area contributed by atoms with E-state index in [2.05, 4.69) is 5.16 Å². The van der Waals surface area contributed by atoms with Crippen molar-refractivity contribution in [3.8, 4) is 0 Å². The van der Waals surface area contributed by atoms with Crippen LogP contribution in [0, 0.1) is 11.8 Å². The van der Waals surface area contributed by atoms with E-state index < -0.39 is 5.92 Å². The first-order valence-corrected chi connectivity index (χ1v) is 7.01. The lowest BCUT2D eigenvalue weighted by Crippen LogP contribution is -2.46. The molecule has 1 rings (SSSR count). The molecule has 6 nitrogen and oxygen atoms in total. The van der Waals surface area contributed by atoms with Crippen molar-refractivity contribution in [3.63, 3.8) is 0 Å². The molecule has 2 atom stereocenters. The summed E-state index contributed by atoms with van der Waals surface area (Å²) in [4.78, 5) is 14.2. The molecule has 1 amide bonds. The number of aliphatic hydroxyl groups is 1. The first kappa shape index (κ1) is 15.8. The Kier molecular flexibility index (Phi) is 6.62. The number of nitrogens with zero attached hydrogens (tertiary/aromatic N) is 2. The first-order chi connectivity index (χ1) is 9.13.